The number of hydrogen-bond donors (Lipinski definition) is 6. The minimum Gasteiger partial charge on any atom is -0.407 e. The van der Waals surface area contributed by atoms with Gasteiger partial charge in [0.25, 0.3) is 11.5 Å². The van der Waals surface area contributed by atoms with Gasteiger partial charge in [0.2, 0.25) is 11.9 Å². The van der Waals surface area contributed by atoms with Crippen molar-refractivity contribution in [2.45, 2.75) is 102 Å². The molecule has 2 aliphatic rings. The molecule has 64 heavy (non-hydrogen) atoms. The van der Waals surface area contributed by atoms with E-state index in [1.807, 2.05) is 6.07 Å². The van der Waals surface area contributed by atoms with Crippen molar-refractivity contribution >= 4 is 91.6 Å². The van der Waals surface area contributed by atoms with Crippen LogP contribution in [0, 0.1) is 5.92 Å². The second-order valence-corrected chi connectivity index (χ2v) is 26.5. The molecule has 26 heteroatoms. The number of fused-ring (bicyclic) bond motifs is 2. The first-order valence-electron chi connectivity index (χ1n) is 20.3. The summed E-state index contributed by atoms with van der Waals surface area (Å²) in [4.78, 5) is 80.7. The minimum absolute atomic E-state index is 0.0318. The monoisotopic (exact) mass is 979 g/mol. The molecule has 7 rings (SSSR count). The Morgan fingerprint density at radius 2 is 1.80 bits per heavy atom. The quantitative estimate of drug-likeness (QED) is 0.0588. The van der Waals surface area contributed by atoms with E-state index in [1.54, 1.807) is 54.9 Å². The molecule has 0 spiro atoms. The van der Waals surface area contributed by atoms with Gasteiger partial charge in [0.1, 0.15) is 42.2 Å². The van der Waals surface area contributed by atoms with Gasteiger partial charge < -0.3 is 52.2 Å². The topological polar surface area (TPSA) is 269 Å². The highest BCUT2D eigenvalue weighted by molar-refractivity contribution is 8.07. The average molecular weight is 980 g/mol. The number of carbonyl (C=O) groups excluding carboxylic acids is 2. The summed E-state index contributed by atoms with van der Waals surface area (Å²) in [6.07, 6.45) is -2.56. The van der Waals surface area contributed by atoms with Crippen LogP contribution in [0.25, 0.3) is 22.2 Å². The number of rotatable bonds is 16. The van der Waals surface area contributed by atoms with E-state index in [-0.39, 0.29) is 46.2 Å². The number of carbonyl (C=O) groups is 2. The summed E-state index contributed by atoms with van der Waals surface area (Å²) in [7, 11) is -5.45. The molecule has 0 bridgehead atoms. The fourth-order valence-electron chi connectivity index (χ4n) is 6.99. The maximum Gasteiger partial charge on any atom is 0.325 e. The second kappa shape index (κ2) is 19.3. The lowest BCUT2D eigenvalue weighted by atomic mass is 10.1. The number of amides is 2. The molecule has 2 amide bonds. The number of hydrogen-bond acceptors (Lipinski definition) is 16. The Balaban J connectivity index is 1.16. The van der Waals surface area contributed by atoms with Crippen LogP contribution in [0.2, 0.25) is 18.1 Å². The maximum atomic E-state index is 13.1. The van der Waals surface area contributed by atoms with Crippen LogP contribution in [-0.4, -0.2) is 113 Å². The van der Waals surface area contributed by atoms with Gasteiger partial charge >= 0.3 is 6.72 Å². The van der Waals surface area contributed by atoms with Gasteiger partial charge in [-0.1, -0.05) is 52.8 Å². The Kier molecular flexibility index (Phi) is 14.5. The van der Waals surface area contributed by atoms with Crippen molar-refractivity contribution in [3.63, 3.8) is 0 Å². The number of ether oxygens (including phenoxy) is 2. The van der Waals surface area contributed by atoms with E-state index in [9.17, 15) is 29.3 Å². The highest BCUT2D eigenvalue weighted by Crippen LogP contribution is 2.51. The fourth-order valence-corrected chi connectivity index (χ4v) is 10.6. The zero-order chi connectivity index (χ0) is 46.3. The Bertz CT molecular complexity index is 2650. The number of aliphatic hydroxyl groups is 1. The molecule has 2 fully saturated rings. The highest BCUT2D eigenvalue weighted by atomic mass is 32.5. The lowest BCUT2D eigenvalue weighted by Gasteiger charge is -2.40. The fraction of sp³-hybridized carbons (Fsp3) is 0.500. The van der Waals surface area contributed by atoms with Gasteiger partial charge in [-0.25, -0.2) is 15.0 Å². The minimum atomic E-state index is -4.22. The van der Waals surface area contributed by atoms with E-state index in [0.29, 0.717) is 16.6 Å². The van der Waals surface area contributed by atoms with Gasteiger partial charge in [0.05, 0.1) is 31.0 Å². The lowest BCUT2D eigenvalue weighted by Crippen LogP contribution is -2.49. The van der Waals surface area contributed by atoms with Crippen molar-refractivity contribution in [1.29, 1.82) is 0 Å². The Morgan fingerprint density at radius 1 is 1.06 bits per heavy atom. The number of nitrogens with zero attached hydrogens (tertiary/aromatic N) is 6. The number of nitrogens with one attached hydrogen (secondary N) is 3. The maximum absolute atomic E-state index is 13.1. The summed E-state index contributed by atoms with van der Waals surface area (Å²) < 4.78 is 41.0. The summed E-state index contributed by atoms with van der Waals surface area (Å²) in [5.41, 5.74) is 0.168. The molecule has 3 unspecified atom stereocenters. The van der Waals surface area contributed by atoms with Crippen LogP contribution in [0.5, 0.6) is 0 Å². The SMILES string of the molecule is CC(C)C(=O)Nc1nc2c(ncn2[C@@H]2O[C@H](CO)C[C@@H]2OP(O)(=S)OC[C@H]2O[C@@H](n3ccc4c(NC(=O)c5ccccc5)ncnc43)[C@@H](O[Si](C)(C)C(C)(C)C)C2O[PH](O)=S)c(=O)[nH]1. The summed E-state index contributed by atoms with van der Waals surface area (Å²) in [5, 5.41) is 15.7. The Morgan fingerprint density at radius 3 is 2.47 bits per heavy atom. The van der Waals surface area contributed by atoms with Crippen LogP contribution < -0.4 is 16.2 Å². The summed E-state index contributed by atoms with van der Waals surface area (Å²) in [5.74, 6) is -1.01. The number of imidazole rings is 1. The highest BCUT2D eigenvalue weighted by Gasteiger charge is 2.53. The third-order valence-corrected chi connectivity index (χ3v) is 18.1. The molecule has 4 aromatic heterocycles. The number of anilines is 2. The molecular weight excluding hydrogens is 929 g/mol. The van der Waals surface area contributed by atoms with Crippen molar-refractivity contribution in [2.24, 2.45) is 5.92 Å². The molecule has 0 radical (unpaired) electrons. The van der Waals surface area contributed by atoms with Crippen molar-refractivity contribution in [2.75, 3.05) is 23.8 Å². The lowest BCUT2D eigenvalue weighted by molar-refractivity contribution is -0.118. The predicted molar refractivity (Wildman–Crippen MR) is 245 cm³/mol. The van der Waals surface area contributed by atoms with Crippen molar-refractivity contribution < 1.29 is 52.0 Å². The number of benzene rings is 1. The van der Waals surface area contributed by atoms with Crippen LogP contribution >= 0.6 is 13.9 Å². The molecule has 0 aliphatic carbocycles. The first kappa shape index (κ1) is 48.2. The second-order valence-electron chi connectivity index (χ2n) is 17.1. The third kappa shape index (κ3) is 10.5. The zero-order valence-electron chi connectivity index (χ0n) is 35.9. The summed E-state index contributed by atoms with van der Waals surface area (Å²) in [6.45, 7) is 8.62. The largest absolute Gasteiger partial charge is 0.407 e. The van der Waals surface area contributed by atoms with Crippen LogP contribution in [0.3, 0.4) is 0 Å². The van der Waals surface area contributed by atoms with Crippen molar-refractivity contribution in [3.8, 4) is 0 Å². The van der Waals surface area contributed by atoms with E-state index in [0.717, 1.165) is 0 Å². The first-order chi connectivity index (χ1) is 30.2. The Labute approximate surface area is 379 Å². The molecule has 346 valence electrons. The molecule has 9 atom stereocenters. The van der Waals surface area contributed by atoms with Gasteiger partial charge in [-0.3, -0.25) is 29.3 Å². The van der Waals surface area contributed by atoms with Crippen LogP contribution in [0.1, 0.15) is 63.9 Å². The molecule has 2 aliphatic heterocycles. The molecule has 0 saturated carbocycles. The van der Waals surface area contributed by atoms with Gasteiger partial charge in [-0.2, -0.15) is 4.98 Å². The van der Waals surface area contributed by atoms with Gasteiger partial charge in [-0.15, -0.1) is 0 Å². The van der Waals surface area contributed by atoms with Crippen LogP contribution in [0.4, 0.5) is 11.8 Å². The number of aromatic amines is 1. The number of aliphatic hydroxyl groups excluding tert-OH is 1. The zero-order valence-corrected chi connectivity index (χ0v) is 40.4. The van der Waals surface area contributed by atoms with Crippen molar-refractivity contribution in [3.05, 3.63) is 71.2 Å². The molecule has 6 heterocycles. The summed E-state index contributed by atoms with van der Waals surface area (Å²) in [6, 6.07) is 10.4. The predicted octanol–water partition coefficient (Wildman–Crippen LogP) is 4.48. The van der Waals surface area contributed by atoms with Crippen molar-refractivity contribution in [1.82, 2.24) is 34.1 Å². The van der Waals surface area contributed by atoms with Crippen LogP contribution in [0.15, 0.2) is 60.0 Å². The van der Waals surface area contributed by atoms with Gasteiger partial charge in [-0.05, 0) is 59.9 Å². The number of H-pyrrole nitrogens is 1. The molecular formula is C38H51N9O12P2S2Si. The van der Waals surface area contributed by atoms with E-state index < -0.39 is 89.9 Å². The van der Waals surface area contributed by atoms with E-state index in [2.05, 4.69) is 69.4 Å². The van der Waals surface area contributed by atoms with E-state index in [1.165, 1.54) is 17.2 Å². The standard InChI is InChI=1S/C38H51N9O12P2S2Si/c1-20(2)32(49)44-37-43-31-26(34(51)45-37)41-19-47(31)35-24(15-22(16-48)55-35)58-61(53,63)54-17-25-27(57-60(52)62)28(59-64(6,7)38(3,4)5)36(56-25)46-14-13-23-29(39-18-40-30(23)46)42-33(50)21-11-9-8-10-12-21/h8-14,18-20,22,24-25,27-28,35-36,48,60H,15-17H2,1-7H3,(H,52,62)(H,53,63)(H,39,40,42,50)(H2,43,44,45,49,51)/t22-,24-,25+,27?,28-,35+,36+,61?/m0/s1. The summed E-state index contributed by atoms with van der Waals surface area (Å²) >= 11 is 10.8. The molecule has 21 nitrogen and oxygen atoms in total. The molecule has 6 N–H and O–H groups in total. The van der Waals surface area contributed by atoms with Crippen LogP contribution in [-0.2, 0) is 55.9 Å². The number of aromatic nitrogens is 7. The first-order valence-corrected chi connectivity index (χ1v) is 28.3. The molecule has 2 saturated heterocycles. The Hall–Kier alpha value is -3.71. The average Bonchev–Trinajstić information content (AvgIpc) is 4.02. The molecule has 1 aromatic carbocycles. The van der Waals surface area contributed by atoms with Gasteiger partial charge in [0, 0.05) is 24.1 Å². The normalized spacial score (nSPS) is 24.3. The smallest absolute Gasteiger partial charge is 0.325 e. The molecule has 5 aromatic rings. The van der Waals surface area contributed by atoms with Gasteiger partial charge in [0.15, 0.2) is 39.1 Å². The van der Waals surface area contributed by atoms with E-state index in [4.69, 9.17) is 51.1 Å². The van der Waals surface area contributed by atoms with E-state index >= 15 is 0 Å². The third-order valence-electron chi connectivity index (χ3n) is 11.3.